The molecule has 2 fully saturated rings. The van der Waals surface area contributed by atoms with Crippen molar-refractivity contribution in [2.45, 2.75) is 13.8 Å². The van der Waals surface area contributed by atoms with Crippen LogP contribution in [0.3, 0.4) is 0 Å². The molecular weight excluding hydrogens is 284 g/mol. The molecule has 0 N–H and O–H groups in total. The SMILES string of the molecule is CCOC(=O)N1CCN(C(=O)CN2CCN(CC)CC2)CC1. The van der Waals surface area contributed by atoms with E-state index < -0.39 is 0 Å². The molecule has 0 unspecified atom stereocenters. The van der Waals surface area contributed by atoms with E-state index in [4.69, 9.17) is 4.74 Å². The summed E-state index contributed by atoms with van der Waals surface area (Å²) in [6.07, 6.45) is -0.273. The highest BCUT2D eigenvalue weighted by atomic mass is 16.6. The Bertz CT molecular complexity index is 375. The van der Waals surface area contributed by atoms with Gasteiger partial charge in [-0.1, -0.05) is 6.92 Å². The van der Waals surface area contributed by atoms with Crippen molar-refractivity contribution in [1.29, 1.82) is 0 Å². The highest BCUT2D eigenvalue weighted by Gasteiger charge is 2.26. The van der Waals surface area contributed by atoms with E-state index in [2.05, 4.69) is 16.7 Å². The van der Waals surface area contributed by atoms with Gasteiger partial charge >= 0.3 is 6.09 Å². The molecule has 7 nitrogen and oxygen atoms in total. The summed E-state index contributed by atoms with van der Waals surface area (Å²) in [5.41, 5.74) is 0. The Morgan fingerprint density at radius 2 is 1.36 bits per heavy atom. The first-order valence-corrected chi connectivity index (χ1v) is 8.28. The van der Waals surface area contributed by atoms with Crippen molar-refractivity contribution in [3.05, 3.63) is 0 Å². The van der Waals surface area contributed by atoms with Crippen molar-refractivity contribution in [3.63, 3.8) is 0 Å². The molecule has 2 amide bonds. The molecule has 7 heteroatoms. The lowest BCUT2D eigenvalue weighted by atomic mass is 10.3. The fraction of sp³-hybridized carbons (Fsp3) is 0.867. The Labute approximate surface area is 132 Å². The Hall–Kier alpha value is -1.34. The predicted octanol–water partition coefficient (Wildman–Crippen LogP) is -0.0754. The highest BCUT2D eigenvalue weighted by Crippen LogP contribution is 2.07. The number of hydrogen-bond acceptors (Lipinski definition) is 5. The van der Waals surface area contributed by atoms with E-state index in [1.54, 1.807) is 11.8 Å². The first-order valence-electron chi connectivity index (χ1n) is 8.28. The molecule has 0 radical (unpaired) electrons. The molecule has 2 aliphatic heterocycles. The average molecular weight is 312 g/mol. The maximum absolute atomic E-state index is 12.4. The van der Waals surface area contributed by atoms with Crippen LogP contribution >= 0.6 is 0 Å². The third-order valence-corrected chi connectivity index (χ3v) is 4.43. The van der Waals surface area contributed by atoms with E-state index in [0.29, 0.717) is 39.3 Å². The molecule has 0 aliphatic carbocycles. The molecule has 2 aliphatic rings. The molecule has 0 saturated carbocycles. The third kappa shape index (κ3) is 4.58. The molecule has 0 spiro atoms. The van der Waals surface area contributed by atoms with Crippen LogP contribution in [0.25, 0.3) is 0 Å². The van der Waals surface area contributed by atoms with Gasteiger partial charge in [-0.3, -0.25) is 9.69 Å². The second-order valence-corrected chi connectivity index (χ2v) is 5.78. The van der Waals surface area contributed by atoms with Crippen LogP contribution in [0.1, 0.15) is 13.8 Å². The van der Waals surface area contributed by atoms with Gasteiger partial charge in [-0.15, -0.1) is 0 Å². The number of likely N-dealkylation sites (N-methyl/N-ethyl adjacent to an activating group) is 1. The zero-order valence-corrected chi connectivity index (χ0v) is 13.8. The van der Waals surface area contributed by atoms with Crippen LogP contribution in [0.2, 0.25) is 0 Å². The van der Waals surface area contributed by atoms with Gasteiger partial charge < -0.3 is 19.4 Å². The normalized spacial score (nSPS) is 21.0. The van der Waals surface area contributed by atoms with Crippen LogP contribution in [-0.2, 0) is 9.53 Å². The monoisotopic (exact) mass is 312 g/mol. The molecule has 22 heavy (non-hydrogen) atoms. The number of ether oxygens (including phenoxy) is 1. The standard InChI is InChI=1S/C15H28N4O3/c1-3-16-5-7-17(8-6-16)13-14(20)18-9-11-19(12-10-18)15(21)22-4-2/h3-13H2,1-2H3. The first-order chi connectivity index (χ1) is 10.6. The number of hydrogen-bond donors (Lipinski definition) is 0. The topological polar surface area (TPSA) is 56.3 Å². The lowest BCUT2D eigenvalue weighted by Crippen LogP contribution is -2.54. The van der Waals surface area contributed by atoms with Crippen molar-refractivity contribution in [2.75, 3.05) is 72.1 Å². The maximum atomic E-state index is 12.4. The summed E-state index contributed by atoms with van der Waals surface area (Å²) < 4.78 is 4.99. The maximum Gasteiger partial charge on any atom is 0.409 e. The number of amides is 2. The number of piperazine rings is 2. The molecule has 126 valence electrons. The van der Waals surface area contributed by atoms with Crippen LogP contribution in [0, 0.1) is 0 Å². The van der Waals surface area contributed by atoms with Crippen molar-refractivity contribution in [2.24, 2.45) is 0 Å². The molecule has 0 aromatic carbocycles. The summed E-state index contributed by atoms with van der Waals surface area (Å²) in [4.78, 5) is 32.2. The number of carbonyl (C=O) groups is 2. The lowest BCUT2D eigenvalue weighted by Gasteiger charge is -2.37. The second kappa shape index (κ2) is 8.33. The zero-order chi connectivity index (χ0) is 15.9. The third-order valence-electron chi connectivity index (χ3n) is 4.43. The van der Waals surface area contributed by atoms with Gasteiger partial charge in [0.2, 0.25) is 5.91 Å². The highest BCUT2D eigenvalue weighted by molar-refractivity contribution is 5.78. The van der Waals surface area contributed by atoms with Crippen LogP contribution < -0.4 is 0 Å². The molecule has 0 atom stereocenters. The first kappa shape index (κ1) is 17.0. The van der Waals surface area contributed by atoms with Crippen molar-refractivity contribution in [3.8, 4) is 0 Å². The summed E-state index contributed by atoms with van der Waals surface area (Å²) in [6, 6.07) is 0. The zero-order valence-electron chi connectivity index (χ0n) is 13.8. The number of nitrogens with zero attached hydrogens (tertiary/aromatic N) is 4. The number of rotatable bonds is 4. The molecule has 2 rings (SSSR count). The van der Waals surface area contributed by atoms with Gasteiger partial charge in [-0.05, 0) is 13.5 Å². The van der Waals surface area contributed by atoms with Crippen LogP contribution in [0.4, 0.5) is 4.79 Å². The minimum Gasteiger partial charge on any atom is -0.450 e. The van der Waals surface area contributed by atoms with E-state index >= 15 is 0 Å². The van der Waals surface area contributed by atoms with Crippen molar-refractivity contribution >= 4 is 12.0 Å². The van der Waals surface area contributed by atoms with Crippen LogP contribution in [0.5, 0.6) is 0 Å². The average Bonchev–Trinajstić information content (AvgIpc) is 2.56. The smallest absolute Gasteiger partial charge is 0.409 e. The summed E-state index contributed by atoms with van der Waals surface area (Å²) in [5, 5.41) is 0. The molecule has 0 aromatic heterocycles. The summed E-state index contributed by atoms with van der Waals surface area (Å²) in [5.74, 6) is 0.174. The van der Waals surface area contributed by atoms with Gasteiger partial charge in [-0.2, -0.15) is 0 Å². The Kier molecular flexibility index (Phi) is 6.45. The molecular formula is C15H28N4O3. The Balaban J connectivity index is 1.70. The summed E-state index contributed by atoms with van der Waals surface area (Å²) in [6.45, 7) is 12.3. The molecule has 2 heterocycles. The Morgan fingerprint density at radius 3 is 1.91 bits per heavy atom. The summed E-state index contributed by atoms with van der Waals surface area (Å²) in [7, 11) is 0. The minimum absolute atomic E-state index is 0.174. The summed E-state index contributed by atoms with van der Waals surface area (Å²) >= 11 is 0. The van der Waals surface area contributed by atoms with Gasteiger partial charge in [0, 0.05) is 52.4 Å². The number of carbonyl (C=O) groups excluding carboxylic acids is 2. The minimum atomic E-state index is -0.273. The van der Waals surface area contributed by atoms with E-state index in [9.17, 15) is 9.59 Å². The van der Waals surface area contributed by atoms with Gasteiger partial charge in [-0.25, -0.2) is 4.79 Å². The molecule has 0 bridgehead atoms. The van der Waals surface area contributed by atoms with Gasteiger partial charge in [0.1, 0.15) is 0 Å². The fourth-order valence-electron chi connectivity index (χ4n) is 2.91. The molecule has 0 aromatic rings. The van der Waals surface area contributed by atoms with Gasteiger partial charge in [0.05, 0.1) is 13.2 Å². The fourth-order valence-corrected chi connectivity index (χ4v) is 2.91. The largest absolute Gasteiger partial charge is 0.450 e. The van der Waals surface area contributed by atoms with Gasteiger partial charge in [0.15, 0.2) is 0 Å². The van der Waals surface area contributed by atoms with E-state index in [1.807, 2.05) is 4.90 Å². The quantitative estimate of drug-likeness (QED) is 0.727. The van der Waals surface area contributed by atoms with Gasteiger partial charge in [0.25, 0.3) is 0 Å². The van der Waals surface area contributed by atoms with Crippen LogP contribution in [0.15, 0.2) is 0 Å². The van der Waals surface area contributed by atoms with Crippen LogP contribution in [-0.4, -0.2) is 104 Å². The van der Waals surface area contributed by atoms with E-state index in [0.717, 1.165) is 32.7 Å². The van der Waals surface area contributed by atoms with E-state index in [-0.39, 0.29) is 12.0 Å². The van der Waals surface area contributed by atoms with E-state index in [1.165, 1.54) is 0 Å². The second-order valence-electron chi connectivity index (χ2n) is 5.78. The predicted molar refractivity (Wildman–Crippen MR) is 83.7 cm³/mol. The molecule has 2 saturated heterocycles. The Morgan fingerprint density at radius 1 is 0.818 bits per heavy atom. The lowest BCUT2D eigenvalue weighted by molar-refractivity contribution is -0.134. The van der Waals surface area contributed by atoms with Crippen molar-refractivity contribution < 1.29 is 14.3 Å². The van der Waals surface area contributed by atoms with Crippen molar-refractivity contribution in [1.82, 2.24) is 19.6 Å².